The number of nitro benzene ring substituents is 1. The van der Waals surface area contributed by atoms with E-state index in [1.807, 2.05) is 30.3 Å². The molecule has 122 valence electrons. The van der Waals surface area contributed by atoms with Gasteiger partial charge in [-0.25, -0.2) is 0 Å². The summed E-state index contributed by atoms with van der Waals surface area (Å²) in [5, 5.41) is 24.9. The minimum atomic E-state index is -1.16. The first-order valence-electron chi connectivity index (χ1n) is 7.37. The van der Waals surface area contributed by atoms with Crippen LogP contribution >= 0.6 is 0 Å². The van der Waals surface area contributed by atoms with Crippen LogP contribution in [0.4, 0.5) is 11.4 Å². The second kappa shape index (κ2) is 7.11. The molecule has 0 saturated carbocycles. The lowest BCUT2D eigenvalue weighted by Gasteiger charge is -2.24. The Morgan fingerprint density at radius 2 is 1.91 bits per heavy atom. The number of ether oxygens (including phenoxy) is 1. The van der Waals surface area contributed by atoms with Crippen LogP contribution in [-0.4, -0.2) is 23.2 Å². The fourth-order valence-electron chi connectivity index (χ4n) is 2.29. The molecule has 0 aliphatic carbocycles. The zero-order chi connectivity index (χ0) is 16.9. The van der Waals surface area contributed by atoms with E-state index in [2.05, 4.69) is 5.32 Å². The van der Waals surface area contributed by atoms with Gasteiger partial charge in [0.15, 0.2) is 5.75 Å². The maximum absolute atomic E-state index is 11.3. The van der Waals surface area contributed by atoms with Crippen LogP contribution < -0.4 is 10.1 Å². The summed E-state index contributed by atoms with van der Waals surface area (Å²) in [7, 11) is 0. The minimum Gasteiger partial charge on any atom is -0.487 e. The van der Waals surface area contributed by atoms with E-state index in [9.17, 15) is 15.2 Å². The van der Waals surface area contributed by atoms with Crippen LogP contribution in [0.1, 0.15) is 19.4 Å². The largest absolute Gasteiger partial charge is 0.487 e. The number of hydrogen-bond donors (Lipinski definition) is 2. The lowest BCUT2D eigenvalue weighted by atomic mass is 9.96. The van der Waals surface area contributed by atoms with Crippen molar-refractivity contribution in [3.63, 3.8) is 0 Å². The molecule has 2 aromatic rings. The van der Waals surface area contributed by atoms with E-state index in [0.29, 0.717) is 12.3 Å². The second-order valence-electron chi connectivity index (χ2n) is 5.34. The summed E-state index contributed by atoms with van der Waals surface area (Å²) in [5.41, 5.74) is -0.233. The highest BCUT2D eigenvalue weighted by Crippen LogP contribution is 2.35. The van der Waals surface area contributed by atoms with E-state index in [0.717, 1.165) is 5.56 Å². The van der Waals surface area contributed by atoms with Gasteiger partial charge in [0.05, 0.1) is 11.5 Å². The van der Waals surface area contributed by atoms with E-state index in [4.69, 9.17) is 4.74 Å². The fraction of sp³-hybridized carbons (Fsp3) is 0.294. The van der Waals surface area contributed by atoms with Gasteiger partial charge in [0.2, 0.25) is 0 Å². The maximum atomic E-state index is 11.3. The van der Waals surface area contributed by atoms with E-state index in [1.54, 1.807) is 32.0 Å². The van der Waals surface area contributed by atoms with E-state index in [-0.39, 0.29) is 18.0 Å². The molecule has 0 aromatic heterocycles. The fourth-order valence-corrected chi connectivity index (χ4v) is 2.29. The predicted octanol–water partition coefficient (Wildman–Crippen LogP) is 3.31. The number of benzene rings is 2. The highest BCUT2D eigenvalue weighted by molar-refractivity contribution is 5.68. The van der Waals surface area contributed by atoms with E-state index >= 15 is 0 Å². The summed E-state index contributed by atoms with van der Waals surface area (Å²) < 4.78 is 5.31. The zero-order valence-corrected chi connectivity index (χ0v) is 13.2. The number of nitro groups is 1. The van der Waals surface area contributed by atoms with Crippen molar-refractivity contribution in [3.8, 4) is 5.75 Å². The summed E-state index contributed by atoms with van der Waals surface area (Å²) in [4.78, 5) is 10.9. The van der Waals surface area contributed by atoms with Gasteiger partial charge in [-0.3, -0.25) is 10.1 Å². The van der Waals surface area contributed by atoms with Crippen LogP contribution in [0, 0.1) is 10.1 Å². The molecule has 2 N–H and O–H groups in total. The molecule has 1 unspecified atom stereocenters. The van der Waals surface area contributed by atoms with Crippen molar-refractivity contribution >= 4 is 11.4 Å². The second-order valence-corrected chi connectivity index (χ2v) is 5.34. The summed E-state index contributed by atoms with van der Waals surface area (Å²) in [6.07, 6.45) is 0. The molecule has 0 radical (unpaired) electrons. The topological polar surface area (TPSA) is 84.6 Å². The molecule has 6 heteroatoms. The Balaban J connectivity index is 2.23. The van der Waals surface area contributed by atoms with Crippen molar-refractivity contribution in [3.05, 3.63) is 64.2 Å². The summed E-state index contributed by atoms with van der Waals surface area (Å²) in [6.45, 7) is 3.90. The molecular weight excluding hydrogens is 296 g/mol. The zero-order valence-electron chi connectivity index (χ0n) is 13.2. The van der Waals surface area contributed by atoms with Gasteiger partial charge >= 0.3 is 5.69 Å². The summed E-state index contributed by atoms with van der Waals surface area (Å²) in [5.74, 6) is 0.210. The SMILES string of the molecule is CCOc1cccc(NCC(C)(O)c2ccccc2)c1[N+](=O)[O-]. The number of nitrogens with one attached hydrogen (secondary N) is 1. The van der Waals surface area contributed by atoms with E-state index in [1.165, 1.54) is 0 Å². The molecule has 0 saturated heterocycles. The van der Waals surface area contributed by atoms with Gasteiger partial charge < -0.3 is 15.2 Å². The first-order chi connectivity index (χ1) is 11.0. The van der Waals surface area contributed by atoms with Crippen molar-refractivity contribution in [1.29, 1.82) is 0 Å². The Morgan fingerprint density at radius 3 is 2.52 bits per heavy atom. The van der Waals surface area contributed by atoms with Gasteiger partial charge in [0.1, 0.15) is 11.3 Å². The first-order valence-corrected chi connectivity index (χ1v) is 7.37. The van der Waals surface area contributed by atoms with Gasteiger partial charge in [-0.2, -0.15) is 0 Å². The van der Waals surface area contributed by atoms with Crippen LogP contribution in [0.25, 0.3) is 0 Å². The molecule has 0 bridgehead atoms. The Labute approximate surface area is 134 Å². The van der Waals surface area contributed by atoms with Crippen molar-refractivity contribution < 1.29 is 14.8 Å². The minimum absolute atomic E-state index is 0.127. The van der Waals surface area contributed by atoms with Crippen LogP contribution in [0.5, 0.6) is 5.75 Å². The quantitative estimate of drug-likeness (QED) is 0.604. The third-order valence-corrected chi connectivity index (χ3v) is 3.50. The molecule has 0 fully saturated rings. The van der Waals surface area contributed by atoms with Gasteiger partial charge in [-0.15, -0.1) is 0 Å². The molecule has 0 aliphatic heterocycles. The standard InChI is InChI=1S/C17H20N2O4/c1-3-23-15-11-7-10-14(16(15)19(21)22)18-12-17(2,20)13-8-5-4-6-9-13/h4-11,18,20H,3,12H2,1-2H3. The van der Waals surface area contributed by atoms with Crippen LogP contribution in [0.15, 0.2) is 48.5 Å². The van der Waals surface area contributed by atoms with Gasteiger partial charge in [-0.1, -0.05) is 36.4 Å². The third kappa shape index (κ3) is 3.98. The molecule has 0 aliphatic rings. The number of para-hydroxylation sites is 1. The molecule has 0 spiro atoms. The molecule has 1 atom stereocenters. The molecular formula is C17H20N2O4. The lowest BCUT2D eigenvalue weighted by Crippen LogP contribution is -2.30. The smallest absolute Gasteiger partial charge is 0.333 e. The van der Waals surface area contributed by atoms with Gasteiger partial charge in [0, 0.05) is 6.54 Å². The lowest BCUT2D eigenvalue weighted by molar-refractivity contribution is -0.384. The Morgan fingerprint density at radius 1 is 1.22 bits per heavy atom. The average molecular weight is 316 g/mol. The van der Waals surface area contributed by atoms with Crippen LogP contribution in [-0.2, 0) is 5.60 Å². The highest BCUT2D eigenvalue weighted by atomic mass is 16.6. The Kier molecular flexibility index (Phi) is 5.18. The van der Waals surface area contributed by atoms with Crippen molar-refractivity contribution in [2.24, 2.45) is 0 Å². The highest BCUT2D eigenvalue weighted by Gasteiger charge is 2.26. The van der Waals surface area contributed by atoms with E-state index < -0.39 is 10.5 Å². The predicted molar refractivity (Wildman–Crippen MR) is 88.8 cm³/mol. The number of hydrogen-bond acceptors (Lipinski definition) is 5. The monoisotopic (exact) mass is 316 g/mol. The van der Waals surface area contributed by atoms with Crippen molar-refractivity contribution in [1.82, 2.24) is 0 Å². The van der Waals surface area contributed by atoms with Gasteiger partial charge in [0.25, 0.3) is 0 Å². The van der Waals surface area contributed by atoms with Crippen LogP contribution in [0.3, 0.4) is 0 Å². The number of rotatable bonds is 7. The Hall–Kier alpha value is -2.60. The number of aliphatic hydroxyl groups is 1. The normalized spacial score (nSPS) is 13.2. The van der Waals surface area contributed by atoms with Crippen molar-refractivity contribution in [2.45, 2.75) is 19.4 Å². The molecule has 23 heavy (non-hydrogen) atoms. The molecule has 2 aromatic carbocycles. The molecule has 0 heterocycles. The summed E-state index contributed by atoms with van der Waals surface area (Å²) in [6, 6.07) is 14.0. The summed E-state index contributed by atoms with van der Waals surface area (Å²) >= 11 is 0. The van der Waals surface area contributed by atoms with Crippen molar-refractivity contribution in [2.75, 3.05) is 18.5 Å². The molecule has 2 rings (SSSR count). The average Bonchev–Trinajstić information content (AvgIpc) is 2.54. The molecule has 6 nitrogen and oxygen atoms in total. The number of anilines is 1. The van der Waals surface area contributed by atoms with Crippen LogP contribution in [0.2, 0.25) is 0 Å². The molecule has 0 amide bonds. The third-order valence-electron chi connectivity index (χ3n) is 3.50. The maximum Gasteiger partial charge on any atom is 0.333 e. The Bertz CT molecular complexity index is 672. The number of nitrogens with zero attached hydrogens (tertiary/aromatic N) is 1. The van der Waals surface area contributed by atoms with Gasteiger partial charge in [-0.05, 0) is 31.5 Å². The first kappa shape index (κ1) is 16.8.